The highest BCUT2D eigenvalue weighted by Crippen LogP contribution is 2.37. The van der Waals surface area contributed by atoms with Gasteiger partial charge in [0.05, 0.1) is 9.79 Å². The molecule has 4 rings (SSSR count). The minimum atomic E-state index is -3.57. The van der Waals surface area contributed by atoms with E-state index in [1.54, 1.807) is 4.31 Å². The molecule has 0 N–H and O–H groups in total. The molecule has 1 saturated carbocycles. The van der Waals surface area contributed by atoms with E-state index in [1.807, 2.05) is 0 Å². The van der Waals surface area contributed by atoms with E-state index in [1.165, 1.54) is 47.8 Å². The number of benzene rings is 1. The Hall–Kier alpha value is -0.960. The number of nitrogens with zero attached hydrogens (tertiary/aromatic N) is 2. The van der Waals surface area contributed by atoms with Crippen LogP contribution in [0.5, 0.6) is 0 Å². The highest BCUT2D eigenvalue weighted by atomic mass is 32.2. The molecule has 0 amide bonds. The van der Waals surface area contributed by atoms with E-state index in [4.69, 9.17) is 0 Å². The van der Waals surface area contributed by atoms with Gasteiger partial charge < -0.3 is 0 Å². The predicted octanol–water partition coefficient (Wildman–Crippen LogP) is 2.67. The van der Waals surface area contributed by atoms with Crippen LogP contribution in [0.1, 0.15) is 44.9 Å². The van der Waals surface area contributed by atoms with Crippen molar-refractivity contribution in [2.24, 2.45) is 11.8 Å². The molecule has 8 heteroatoms. The zero-order valence-electron chi connectivity index (χ0n) is 15.6. The molecule has 0 spiro atoms. The molecule has 2 atom stereocenters. The summed E-state index contributed by atoms with van der Waals surface area (Å²) in [6.07, 6.45) is 7.49. The summed E-state index contributed by atoms with van der Waals surface area (Å²) in [5, 5.41) is 0. The third-order valence-electron chi connectivity index (χ3n) is 6.42. The first-order valence-electron chi connectivity index (χ1n) is 9.99. The first-order chi connectivity index (χ1) is 12.9. The van der Waals surface area contributed by atoms with E-state index in [0.717, 1.165) is 25.7 Å². The van der Waals surface area contributed by atoms with Crippen LogP contribution in [0.2, 0.25) is 0 Å². The van der Waals surface area contributed by atoms with Crippen LogP contribution in [-0.4, -0.2) is 51.6 Å². The SMILES string of the molecule is O=S(=O)(c1ccc(S(=O)(=O)N2CC[C@H]3CCCC[C@@H]3C2)cc1)N1CCCC1. The van der Waals surface area contributed by atoms with E-state index in [0.29, 0.717) is 38.0 Å². The van der Waals surface area contributed by atoms with Gasteiger partial charge in [0.25, 0.3) is 0 Å². The lowest BCUT2D eigenvalue weighted by Crippen LogP contribution is -2.44. The normalized spacial score (nSPS) is 28.1. The molecule has 1 aliphatic carbocycles. The highest BCUT2D eigenvalue weighted by Gasteiger charge is 2.36. The summed E-state index contributed by atoms with van der Waals surface area (Å²) in [7, 11) is -7.09. The van der Waals surface area contributed by atoms with Crippen molar-refractivity contribution in [1.29, 1.82) is 0 Å². The first-order valence-corrected chi connectivity index (χ1v) is 12.9. The molecule has 0 bridgehead atoms. The smallest absolute Gasteiger partial charge is 0.207 e. The van der Waals surface area contributed by atoms with Crippen LogP contribution in [0.4, 0.5) is 0 Å². The summed E-state index contributed by atoms with van der Waals surface area (Å²) in [6, 6.07) is 5.78. The largest absolute Gasteiger partial charge is 0.243 e. The molecule has 150 valence electrons. The zero-order valence-corrected chi connectivity index (χ0v) is 17.2. The number of piperidine rings is 1. The summed E-state index contributed by atoms with van der Waals surface area (Å²) < 4.78 is 54.4. The average molecular weight is 413 g/mol. The number of fused-ring (bicyclic) bond motifs is 1. The van der Waals surface area contributed by atoms with Gasteiger partial charge in [-0.1, -0.05) is 19.3 Å². The van der Waals surface area contributed by atoms with Gasteiger partial charge in [0.1, 0.15) is 0 Å². The second-order valence-corrected chi connectivity index (χ2v) is 11.9. The highest BCUT2D eigenvalue weighted by molar-refractivity contribution is 7.89. The van der Waals surface area contributed by atoms with Crippen LogP contribution in [0.25, 0.3) is 0 Å². The molecule has 0 aromatic heterocycles. The van der Waals surface area contributed by atoms with Crippen LogP contribution in [-0.2, 0) is 20.0 Å². The molecule has 6 nitrogen and oxygen atoms in total. The number of hydrogen-bond acceptors (Lipinski definition) is 4. The van der Waals surface area contributed by atoms with Crippen molar-refractivity contribution < 1.29 is 16.8 Å². The second-order valence-electron chi connectivity index (χ2n) is 8.04. The summed E-state index contributed by atoms with van der Waals surface area (Å²) >= 11 is 0. The molecule has 3 fully saturated rings. The van der Waals surface area contributed by atoms with E-state index >= 15 is 0 Å². The van der Waals surface area contributed by atoms with Crippen LogP contribution < -0.4 is 0 Å². The Bertz CT molecular complexity index is 875. The van der Waals surface area contributed by atoms with E-state index in [9.17, 15) is 16.8 Å². The fourth-order valence-corrected chi connectivity index (χ4v) is 7.82. The lowest BCUT2D eigenvalue weighted by molar-refractivity contribution is 0.136. The topological polar surface area (TPSA) is 74.8 Å². The van der Waals surface area contributed by atoms with Crippen molar-refractivity contribution >= 4 is 20.0 Å². The molecule has 2 aliphatic heterocycles. The Kier molecular flexibility index (Phi) is 5.35. The van der Waals surface area contributed by atoms with Crippen molar-refractivity contribution in [2.75, 3.05) is 26.2 Å². The minimum absolute atomic E-state index is 0.175. The molecule has 27 heavy (non-hydrogen) atoms. The molecule has 2 heterocycles. The first kappa shape index (κ1) is 19.4. The van der Waals surface area contributed by atoms with Crippen molar-refractivity contribution in [3.8, 4) is 0 Å². The zero-order chi connectivity index (χ0) is 19.1. The van der Waals surface area contributed by atoms with Crippen molar-refractivity contribution in [2.45, 2.75) is 54.7 Å². The molecule has 1 aromatic rings. The lowest BCUT2D eigenvalue weighted by Gasteiger charge is -2.40. The maximum Gasteiger partial charge on any atom is 0.243 e. The third-order valence-corrected chi connectivity index (χ3v) is 10.2. The van der Waals surface area contributed by atoms with Crippen LogP contribution >= 0.6 is 0 Å². The van der Waals surface area contributed by atoms with Gasteiger partial charge in [-0.3, -0.25) is 0 Å². The summed E-state index contributed by atoms with van der Waals surface area (Å²) in [4.78, 5) is 0.367. The van der Waals surface area contributed by atoms with Gasteiger partial charge in [0.15, 0.2) is 0 Å². The van der Waals surface area contributed by atoms with Gasteiger partial charge in [-0.25, -0.2) is 16.8 Å². The summed E-state index contributed by atoms with van der Waals surface area (Å²) in [5.41, 5.74) is 0. The number of sulfonamides is 2. The van der Waals surface area contributed by atoms with E-state index in [-0.39, 0.29) is 9.79 Å². The molecular formula is C19H28N2O4S2. The number of hydrogen-bond donors (Lipinski definition) is 0. The standard InChI is InChI=1S/C19H28N2O4S2/c22-26(23,20-12-3-4-13-20)18-7-9-19(10-8-18)27(24,25)21-14-11-16-5-1-2-6-17(16)15-21/h7-10,16-17H,1-6,11-15H2/t16-,17-/m1/s1. The molecular weight excluding hydrogens is 384 g/mol. The van der Waals surface area contributed by atoms with Crippen LogP contribution in [0.15, 0.2) is 34.1 Å². The van der Waals surface area contributed by atoms with Gasteiger partial charge in [-0.15, -0.1) is 0 Å². The van der Waals surface area contributed by atoms with Gasteiger partial charge in [-0.2, -0.15) is 8.61 Å². The van der Waals surface area contributed by atoms with Gasteiger partial charge in [0, 0.05) is 26.2 Å². The Morgan fingerprint density at radius 1 is 0.630 bits per heavy atom. The minimum Gasteiger partial charge on any atom is -0.207 e. The molecule has 1 aromatic carbocycles. The number of rotatable bonds is 4. The maximum atomic E-state index is 13.0. The average Bonchev–Trinajstić information content (AvgIpc) is 3.23. The Morgan fingerprint density at radius 2 is 1.15 bits per heavy atom. The summed E-state index contributed by atoms with van der Waals surface area (Å²) in [5.74, 6) is 1.13. The van der Waals surface area contributed by atoms with Crippen molar-refractivity contribution in [3.05, 3.63) is 24.3 Å². The van der Waals surface area contributed by atoms with E-state index in [2.05, 4.69) is 0 Å². The Balaban J connectivity index is 1.52. The van der Waals surface area contributed by atoms with Gasteiger partial charge in [0.2, 0.25) is 20.0 Å². The maximum absolute atomic E-state index is 13.0. The van der Waals surface area contributed by atoms with Crippen molar-refractivity contribution in [1.82, 2.24) is 8.61 Å². The van der Waals surface area contributed by atoms with Crippen LogP contribution in [0, 0.1) is 11.8 Å². The van der Waals surface area contributed by atoms with Crippen LogP contribution in [0.3, 0.4) is 0 Å². The molecule has 3 aliphatic rings. The third kappa shape index (κ3) is 3.69. The Labute approximate surface area is 162 Å². The monoisotopic (exact) mass is 412 g/mol. The Morgan fingerprint density at radius 3 is 1.74 bits per heavy atom. The fourth-order valence-electron chi connectivity index (χ4n) is 4.80. The van der Waals surface area contributed by atoms with Gasteiger partial charge >= 0.3 is 0 Å². The predicted molar refractivity (Wildman–Crippen MR) is 103 cm³/mol. The fraction of sp³-hybridized carbons (Fsp3) is 0.684. The molecule has 0 radical (unpaired) electrons. The van der Waals surface area contributed by atoms with Crippen molar-refractivity contribution in [3.63, 3.8) is 0 Å². The lowest BCUT2D eigenvalue weighted by atomic mass is 9.76. The molecule has 0 unspecified atom stereocenters. The van der Waals surface area contributed by atoms with Gasteiger partial charge in [-0.05, 0) is 61.8 Å². The quantitative estimate of drug-likeness (QED) is 0.762. The second kappa shape index (κ2) is 7.46. The summed E-state index contributed by atoms with van der Waals surface area (Å²) in [6.45, 7) is 2.25. The van der Waals surface area contributed by atoms with E-state index < -0.39 is 20.0 Å². The molecule has 2 saturated heterocycles.